The molecule has 214 valence electrons. The Morgan fingerprint density at radius 2 is 0.500 bits per heavy atom. The van der Waals surface area contributed by atoms with E-state index in [0.29, 0.717) is 0 Å². The van der Waals surface area contributed by atoms with Gasteiger partial charge in [-0.3, -0.25) is 0 Å². The molecule has 0 amide bonds. The van der Waals surface area contributed by atoms with Crippen LogP contribution >= 0.6 is 0 Å². The maximum absolute atomic E-state index is 2.46. The molecule has 0 fully saturated rings. The molecular formula is C38H42N4. The number of anilines is 4. The van der Waals surface area contributed by atoms with Crippen molar-refractivity contribution in [3.63, 3.8) is 0 Å². The highest BCUT2D eigenvalue weighted by Gasteiger charge is 2.17. The normalized spacial score (nSPS) is 10.8. The zero-order valence-corrected chi connectivity index (χ0v) is 25.3. The molecule has 0 atom stereocenters. The summed E-state index contributed by atoms with van der Waals surface area (Å²) in [5.41, 5.74) is 10.3. The number of para-hydroxylation sites is 4. The summed E-state index contributed by atoms with van der Waals surface area (Å²) in [6.07, 6.45) is 0. The highest BCUT2D eigenvalue weighted by Crippen LogP contribution is 2.28. The number of rotatable bonds is 12. The van der Waals surface area contributed by atoms with Gasteiger partial charge in [-0.25, -0.2) is 0 Å². The van der Waals surface area contributed by atoms with Crippen LogP contribution in [-0.4, -0.2) is 28.2 Å². The van der Waals surface area contributed by atoms with Crippen molar-refractivity contribution in [3.05, 3.63) is 156 Å². The van der Waals surface area contributed by atoms with E-state index in [9.17, 15) is 0 Å². The van der Waals surface area contributed by atoms with Gasteiger partial charge in [-0.2, -0.15) is 0 Å². The zero-order chi connectivity index (χ0) is 29.3. The van der Waals surface area contributed by atoms with Crippen LogP contribution < -0.4 is 19.6 Å². The minimum atomic E-state index is 0.832. The first kappa shape index (κ1) is 28.8. The minimum Gasteiger partial charge on any atom is -0.370 e. The maximum atomic E-state index is 2.46. The van der Waals surface area contributed by atoms with E-state index in [2.05, 4.69) is 181 Å². The average Bonchev–Trinajstić information content (AvgIpc) is 3.04. The average molecular weight is 555 g/mol. The van der Waals surface area contributed by atoms with Crippen LogP contribution in [0.4, 0.5) is 22.7 Å². The van der Waals surface area contributed by atoms with Gasteiger partial charge in [0, 0.05) is 77.1 Å². The fourth-order valence-electron chi connectivity index (χ4n) is 5.50. The highest BCUT2D eigenvalue weighted by atomic mass is 15.1. The topological polar surface area (TPSA) is 13.0 Å². The number of hydrogen-bond donors (Lipinski definition) is 0. The van der Waals surface area contributed by atoms with Crippen LogP contribution in [0.25, 0.3) is 0 Å². The lowest BCUT2D eigenvalue weighted by Gasteiger charge is -2.29. The lowest BCUT2D eigenvalue weighted by molar-refractivity contribution is 0.827. The standard InChI is InChI=1S/C38H42N4/c1-39(35-17-9-5-10-18-35)27-31-25-33(29-41(3)37-21-13-7-14-22-37)34(30-42(4)38-23-15-8-16-24-38)26-32(31)28-40(2)36-19-11-6-12-20-36/h5-26H,27-30H2,1-4H3. The Labute approximate surface area is 252 Å². The third kappa shape index (κ3) is 7.32. The van der Waals surface area contributed by atoms with Crippen LogP contribution in [0.15, 0.2) is 133 Å². The third-order valence-corrected chi connectivity index (χ3v) is 7.94. The van der Waals surface area contributed by atoms with Gasteiger partial charge in [0.15, 0.2) is 0 Å². The Bertz CT molecular complexity index is 1290. The van der Waals surface area contributed by atoms with Crippen LogP contribution in [0, 0.1) is 0 Å². The van der Waals surface area contributed by atoms with E-state index in [-0.39, 0.29) is 0 Å². The van der Waals surface area contributed by atoms with Crippen molar-refractivity contribution < 1.29 is 0 Å². The van der Waals surface area contributed by atoms with Gasteiger partial charge in [0.2, 0.25) is 0 Å². The monoisotopic (exact) mass is 554 g/mol. The molecule has 4 nitrogen and oxygen atoms in total. The molecule has 0 aliphatic rings. The molecule has 0 spiro atoms. The summed E-state index contributed by atoms with van der Waals surface area (Å²) in [4.78, 5) is 9.40. The van der Waals surface area contributed by atoms with Crippen LogP contribution in [0.5, 0.6) is 0 Å². The van der Waals surface area contributed by atoms with Crippen molar-refractivity contribution in [2.24, 2.45) is 0 Å². The van der Waals surface area contributed by atoms with Gasteiger partial charge in [0.05, 0.1) is 0 Å². The molecule has 4 heteroatoms. The van der Waals surface area contributed by atoms with Gasteiger partial charge < -0.3 is 19.6 Å². The second-order valence-corrected chi connectivity index (χ2v) is 11.2. The Kier molecular flexibility index (Phi) is 9.45. The predicted octanol–water partition coefficient (Wildman–Crippen LogP) is 8.23. The number of benzene rings is 5. The van der Waals surface area contributed by atoms with Crippen LogP contribution in [0.3, 0.4) is 0 Å². The molecule has 0 aromatic heterocycles. The highest BCUT2D eigenvalue weighted by molar-refractivity contribution is 5.53. The first-order valence-corrected chi connectivity index (χ1v) is 14.7. The van der Waals surface area contributed by atoms with Gasteiger partial charge >= 0.3 is 0 Å². The Hall–Kier alpha value is -4.70. The van der Waals surface area contributed by atoms with Gasteiger partial charge in [0.1, 0.15) is 0 Å². The Morgan fingerprint density at radius 1 is 0.310 bits per heavy atom. The Balaban J connectivity index is 1.55. The first-order chi connectivity index (χ1) is 20.5. The third-order valence-electron chi connectivity index (χ3n) is 7.94. The molecule has 0 N–H and O–H groups in total. The number of nitrogens with zero attached hydrogens (tertiary/aromatic N) is 4. The summed E-state index contributed by atoms with van der Waals surface area (Å²) >= 11 is 0. The fourth-order valence-corrected chi connectivity index (χ4v) is 5.50. The van der Waals surface area contributed by atoms with E-state index in [4.69, 9.17) is 0 Å². The maximum Gasteiger partial charge on any atom is 0.0429 e. The lowest BCUT2D eigenvalue weighted by Crippen LogP contribution is -2.25. The SMILES string of the molecule is CN(Cc1cc(CN(C)c2ccccc2)c(CN(C)c2ccccc2)cc1CN(C)c1ccccc1)c1ccccc1. The molecule has 0 bridgehead atoms. The molecule has 0 aliphatic carbocycles. The molecule has 5 rings (SSSR count). The largest absolute Gasteiger partial charge is 0.370 e. The van der Waals surface area contributed by atoms with Crippen molar-refractivity contribution in [2.45, 2.75) is 26.2 Å². The van der Waals surface area contributed by atoms with Crippen molar-refractivity contribution in [2.75, 3.05) is 47.8 Å². The fraction of sp³-hybridized carbons (Fsp3) is 0.211. The smallest absolute Gasteiger partial charge is 0.0429 e. The molecule has 5 aromatic carbocycles. The molecule has 0 radical (unpaired) electrons. The summed E-state index contributed by atoms with van der Waals surface area (Å²) in [6.45, 7) is 3.33. The van der Waals surface area contributed by atoms with E-state index in [1.807, 2.05) is 0 Å². The summed E-state index contributed by atoms with van der Waals surface area (Å²) < 4.78 is 0. The van der Waals surface area contributed by atoms with Gasteiger partial charge in [-0.1, -0.05) is 84.9 Å². The molecule has 0 heterocycles. The lowest BCUT2D eigenvalue weighted by atomic mass is 9.96. The first-order valence-electron chi connectivity index (χ1n) is 14.7. The van der Waals surface area contributed by atoms with E-state index in [0.717, 1.165) is 26.2 Å². The van der Waals surface area contributed by atoms with Crippen LogP contribution in [0.1, 0.15) is 22.3 Å². The summed E-state index contributed by atoms with van der Waals surface area (Å²) in [5.74, 6) is 0. The van der Waals surface area contributed by atoms with Crippen LogP contribution in [-0.2, 0) is 26.2 Å². The second-order valence-electron chi connectivity index (χ2n) is 11.2. The van der Waals surface area contributed by atoms with Crippen molar-refractivity contribution in [1.29, 1.82) is 0 Å². The van der Waals surface area contributed by atoms with E-state index < -0.39 is 0 Å². The Morgan fingerprint density at radius 3 is 0.690 bits per heavy atom. The summed E-state index contributed by atoms with van der Waals surface area (Å²) in [7, 11) is 8.75. The van der Waals surface area contributed by atoms with Gasteiger partial charge in [0.25, 0.3) is 0 Å². The molecule has 42 heavy (non-hydrogen) atoms. The quantitative estimate of drug-likeness (QED) is 0.154. The number of hydrogen-bond acceptors (Lipinski definition) is 4. The van der Waals surface area contributed by atoms with Crippen molar-refractivity contribution >= 4 is 22.7 Å². The van der Waals surface area contributed by atoms with Gasteiger partial charge in [-0.15, -0.1) is 0 Å². The molecule has 0 saturated carbocycles. The van der Waals surface area contributed by atoms with Crippen molar-refractivity contribution in [3.8, 4) is 0 Å². The van der Waals surface area contributed by atoms with E-state index >= 15 is 0 Å². The van der Waals surface area contributed by atoms with Crippen LogP contribution in [0.2, 0.25) is 0 Å². The predicted molar refractivity (Wildman–Crippen MR) is 181 cm³/mol. The van der Waals surface area contributed by atoms with Gasteiger partial charge in [-0.05, 0) is 70.8 Å². The molecular weight excluding hydrogens is 512 g/mol. The second kappa shape index (κ2) is 13.8. The van der Waals surface area contributed by atoms with E-state index in [1.165, 1.54) is 45.0 Å². The molecule has 5 aromatic rings. The van der Waals surface area contributed by atoms with Crippen molar-refractivity contribution in [1.82, 2.24) is 0 Å². The molecule has 0 aliphatic heterocycles. The summed E-state index contributed by atoms with van der Waals surface area (Å²) in [6, 6.07) is 47.6. The minimum absolute atomic E-state index is 0.832. The zero-order valence-electron chi connectivity index (χ0n) is 25.3. The molecule has 0 saturated heterocycles. The summed E-state index contributed by atoms with van der Waals surface area (Å²) in [5, 5.41) is 0. The van der Waals surface area contributed by atoms with E-state index in [1.54, 1.807) is 0 Å². The molecule has 0 unspecified atom stereocenters.